The first-order valence-electron chi connectivity index (χ1n) is 8.58. The molecule has 1 atom stereocenters. The summed E-state index contributed by atoms with van der Waals surface area (Å²) in [6, 6.07) is 7.47. The van der Waals surface area contributed by atoms with Crippen molar-refractivity contribution in [3.63, 3.8) is 0 Å². The van der Waals surface area contributed by atoms with E-state index in [2.05, 4.69) is 13.8 Å². The van der Waals surface area contributed by atoms with Gasteiger partial charge in [0.1, 0.15) is 0 Å². The molecule has 0 heterocycles. The van der Waals surface area contributed by atoms with E-state index in [4.69, 9.17) is 0 Å². The number of benzene rings is 1. The third kappa shape index (κ3) is 4.28. The summed E-state index contributed by atoms with van der Waals surface area (Å²) in [6.45, 7) is 4.42. The topological polar surface area (TPSA) is 20.2 Å². The van der Waals surface area contributed by atoms with Crippen LogP contribution in [0, 0.1) is 17.8 Å². The normalized spacial score (nSPS) is 25.3. The van der Waals surface area contributed by atoms with Crippen LogP contribution in [0.1, 0.15) is 57.9 Å². The van der Waals surface area contributed by atoms with Crippen LogP contribution in [0.4, 0.5) is 13.2 Å². The van der Waals surface area contributed by atoms with Crippen molar-refractivity contribution in [2.24, 2.45) is 17.8 Å². The molecule has 1 saturated carbocycles. The van der Waals surface area contributed by atoms with E-state index >= 15 is 0 Å². The lowest BCUT2D eigenvalue weighted by Crippen LogP contribution is -2.42. The Kier molecular flexibility index (Phi) is 5.77. The van der Waals surface area contributed by atoms with E-state index in [1.165, 1.54) is 12.1 Å². The number of hydrogen-bond acceptors (Lipinski definition) is 1. The first-order valence-corrected chi connectivity index (χ1v) is 8.58. The first-order chi connectivity index (χ1) is 10.7. The van der Waals surface area contributed by atoms with Gasteiger partial charge in [-0.25, -0.2) is 0 Å². The van der Waals surface area contributed by atoms with Gasteiger partial charge in [-0.05, 0) is 49.0 Å². The summed E-state index contributed by atoms with van der Waals surface area (Å²) in [6.07, 6.45) is -0.329. The summed E-state index contributed by atoms with van der Waals surface area (Å²) in [5.74, 6) is 1.64. The van der Waals surface area contributed by atoms with Crippen LogP contribution < -0.4 is 0 Å². The second-order valence-electron chi connectivity index (χ2n) is 7.29. The minimum atomic E-state index is -4.65. The van der Waals surface area contributed by atoms with Crippen molar-refractivity contribution in [3.05, 3.63) is 35.9 Å². The Bertz CT molecular complexity index is 475. The van der Waals surface area contributed by atoms with Crippen LogP contribution in [0.15, 0.2) is 30.3 Å². The van der Waals surface area contributed by atoms with Crippen molar-refractivity contribution in [3.8, 4) is 0 Å². The number of hydrogen-bond donors (Lipinski definition) is 1. The van der Waals surface area contributed by atoms with E-state index in [1.807, 2.05) is 0 Å². The molecule has 0 aromatic heterocycles. The summed E-state index contributed by atoms with van der Waals surface area (Å²) in [5.41, 5.74) is -2.79. The molecule has 1 N–H and O–H groups in total. The Morgan fingerprint density at radius 3 is 2.09 bits per heavy atom. The molecule has 130 valence electrons. The highest BCUT2D eigenvalue weighted by Gasteiger charge is 2.54. The zero-order chi connectivity index (χ0) is 17.1. The van der Waals surface area contributed by atoms with E-state index in [0.717, 1.165) is 25.7 Å². The molecule has 1 aromatic rings. The van der Waals surface area contributed by atoms with Gasteiger partial charge in [0.15, 0.2) is 5.60 Å². The van der Waals surface area contributed by atoms with Gasteiger partial charge in [-0.3, -0.25) is 0 Å². The molecular weight excluding hydrogens is 301 g/mol. The molecule has 0 aliphatic heterocycles. The maximum Gasteiger partial charge on any atom is 0.421 e. The van der Waals surface area contributed by atoms with Crippen LogP contribution in [-0.4, -0.2) is 11.3 Å². The molecule has 1 fully saturated rings. The molecule has 1 aliphatic rings. The fourth-order valence-corrected chi connectivity index (χ4v) is 3.72. The lowest BCUT2D eigenvalue weighted by atomic mass is 9.74. The van der Waals surface area contributed by atoms with Gasteiger partial charge in [0.05, 0.1) is 0 Å². The van der Waals surface area contributed by atoms with Crippen molar-refractivity contribution < 1.29 is 18.3 Å². The molecule has 23 heavy (non-hydrogen) atoms. The molecule has 1 aliphatic carbocycles. The fourth-order valence-electron chi connectivity index (χ4n) is 3.72. The van der Waals surface area contributed by atoms with Crippen molar-refractivity contribution in [2.45, 2.75) is 64.1 Å². The highest BCUT2D eigenvalue weighted by atomic mass is 19.4. The predicted molar refractivity (Wildman–Crippen MR) is 85.9 cm³/mol. The molecule has 0 saturated heterocycles. The molecule has 4 heteroatoms. The van der Waals surface area contributed by atoms with Crippen LogP contribution in [-0.2, 0) is 5.60 Å². The van der Waals surface area contributed by atoms with Crippen molar-refractivity contribution >= 4 is 0 Å². The molecule has 0 bridgehead atoms. The summed E-state index contributed by atoms with van der Waals surface area (Å²) >= 11 is 0. The van der Waals surface area contributed by atoms with Gasteiger partial charge in [0, 0.05) is 0 Å². The Morgan fingerprint density at radius 1 is 1.04 bits per heavy atom. The van der Waals surface area contributed by atoms with Crippen molar-refractivity contribution in [1.29, 1.82) is 0 Å². The van der Waals surface area contributed by atoms with Crippen LogP contribution in [0.3, 0.4) is 0 Å². The zero-order valence-electron chi connectivity index (χ0n) is 13.9. The number of alkyl halides is 3. The van der Waals surface area contributed by atoms with Gasteiger partial charge < -0.3 is 5.11 Å². The molecule has 0 amide bonds. The summed E-state index contributed by atoms with van der Waals surface area (Å²) in [4.78, 5) is 0. The highest BCUT2D eigenvalue weighted by Crippen LogP contribution is 2.44. The minimum Gasteiger partial charge on any atom is -0.376 e. The summed E-state index contributed by atoms with van der Waals surface area (Å²) in [7, 11) is 0. The summed E-state index contributed by atoms with van der Waals surface area (Å²) in [5, 5.41) is 10.4. The van der Waals surface area contributed by atoms with Gasteiger partial charge in [-0.1, -0.05) is 57.0 Å². The SMILES string of the molecule is CC(C)C1CCC(CCC(O)(c2ccccc2)C(F)(F)F)CC1. The van der Waals surface area contributed by atoms with E-state index in [-0.39, 0.29) is 12.0 Å². The van der Waals surface area contributed by atoms with Crippen molar-refractivity contribution in [2.75, 3.05) is 0 Å². The molecule has 0 spiro atoms. The zero-order valence-corrected chi connectivity index (χ0v) is 13.9. The third-order valence-corrected chi connectivity index (χ3v) is 5.47. The third-order valence-electron chi connectivity index (χ3n) is 5.47. The number of aliphatic hydroxyl groups is 1. The molecule has 0 radical (unpaired) electrons. The fraction of sp³-hybridized carbons (Fsp3) is 0.684. The molecule has 1 unspecified atom stereocenters. The molecule has 2 rings (SSSR count). The Hall–Kier alpha value is -1.03. The maximum atomic E-state index is 13.5. The second kappa shape index (κ2) is 7.25. The maximum absolute atomic E-state index is 13.5. The van der Waals surface area contributed by atoms with Gasteiger partial charge in [0.2, 0.25) is 0 Å². The quantitative estimate of drug-likeness (QED) is 0.737. The minimum absolute atomic E-state index is 0.0524. The lowest BCUT2D eigenvalue weighted by Gasteiger charge is -2.35. The molecule has 1 nitrogen and oxygen atoms in total. The van der Waals surface area contributed by atoms with E-state index < -0.39 is 11.8 Å². The Labute approximate surface area is 136 Å². The van der Waals surface area contributed by atoms with Crippen LogP contribution in [0.5, 0.6) is 0 Å². The van der Waals surface area contributed by atoms with Gasteiger partial charge in [-0.2, -0.15) is 13.2 Å². The van der Waals surface area contributed by atoms with E-state index in [0.29, 0.717) is 24.2 Å². The number of rotatable bonds is 5. The highest BCUT2D eigenvalue weighted by molar-refractivity contribution is 5.24. The first kappa shape index (κ1) is 18.3. The van der Waals surface area contributed by atoms with E-state index in [1.54, 1.807) is 18.2 Å². The lowest BCUT2D eigenvalue weighted by molar-refractivity contribution is -0.270. The van der Waals surface area contributed by atoms with E-state index in [9.17, 15) is 18.3 Å². The van der Waals surface area contributed by atoms with Gasteiger partial charge in [-0.15, -0.1) is 0 Å². The predicted octanol–water partition coefficient (Wildman–Crippen LogP) is 5.68. The smallest absolute Gasteiger partial charge is 0.376 e. The Morgan fingerprint density at radius 2 is 1.61 bits per heavy atom. The van der Waals surface area contributed by atoms with Gasteiger partial charge in [0.25, 0.3) is 0 Å². The van der Waals surface area contributed by atoms with Crippen molar-refractivity contribution in [1.82, 2.24) is 0 Å². The second-order valence-corrected chi connectivity index (χ2v) is 7.29. The van der Waals surface area contributed by atoms with Gasteiger partial charge >= 0.3 is 6.18 Å². The largest absolute Gasteiger partial charge is 0.421 e. The Balaban J connectivity index is 2.01. The monoisotopic (exact) mass is 328 g/mol. The van der Waals surface area contributed by atoms with Crippen LogP contribution >= 0.6 is 0 Å². The molecular formula is C19H27F3O. The number of halogens is 3. The average Bonchev–Trinajstić information content (AvgIpc) is 2.52. The average molecular weight is 328 g/mol. The standard InChI is InChI=1S/C19H27F3O/c1-14(2)16-10-8-15(9-11-16)12-13-18(23,19(20,21)22)17-6-4-3-5-7-17/h3-7,14-16,23H,8-13H2,1-2H3. The molecule has 1 aromatic carbocycles. The summed E-state index contributed by atoms with van der Waals surface area (Å²) < 4.78 is 40.4. The van der Waals surface area contributed by atoms with Crippen LogP contribution in [0.2, 0.25) is 0 Å². The van der Waals surface area contributed by atoms with Crippen LogP contribution in [0.25, 0.3) is 0 Å².